The Morgan fingerprint density at radius 1 is 0.683 bits per heavy atom. The molecule has 4 heterocycles. The molecule has 2 aliphatic heterocycles. The molecule has 0 bridgehead atoms. The second kappa shape index (κ2) is 8.92. The van der Waals surface area contributed by atoms with Crippen LogP contribution in [0.2, 0.25) is 0 Å². The minimum Gasteiger partial charge on any atom is -0.340 e. The minimum atomic E-state index is 0.326. The number of H-pyrrole nitrogens is 2. The fraction of sp³-hybridized carbons (Fsp3) is 0.429. The normalized spacial score (nSPS) is 28.6. The third-order valence-corrected chi connectivity index (χ3v) is 10.4. The second-order valence-electron chi connectivity index (χ2n) is 13.2. The summed E-state index contributed by atoms with van der Waals surface area (Å²) in [5, 5.41) is 7.45. The number of nitrogens with one attached hydrogen (secondary N) is 4. The fourth-order valence-corrected chi connectivity index (χ4v) is 7.74. The van der Waals surface area contributed by atoms with Gasteiger partial charge in [-0.15, -0.1) is 0 Å². The molecule has 6 nitrogen and oxygen atoms in total. The van der Waals surface area contributed by atoms with Crippen molar-refractivity contribution >= 4 is 0 Å². The molecule has 5 aliphatic rings. The molecule has 4 N–H and O–H groups in total. The molecule has 1 saturated carbocycles. The summed E-state index contributed by atoms with van der Waals surface area (Å²) in [5.41, 5.74) is 12.3. The first-order valence-electron chi connectivity index (χ1n) is 15.5. The van der Waals surface area contributed by atoms with Crippen LogP contribution in [-0.2, 0) is 25.7 Å². The predicted octanol–water partition coefficient (Wildman–Crippen LogP) is 5.55. The molecule has 2 aromatic heterocycles. The number of hydrogen-bond donors (Lipinski definition) is 4. The highest BCUT2D eigenvalue weighted by atomic mass is 15.1. The SMILES string of the molecule is CC1C[C@@H](c2nc3c([nH]2)-c2ccc(C#Cc4ccc5c(c4)CCc4nc([C@@H]6CC7C[C@H]7N6)[nH]c4-5)cc2CC3)N[C@@H]1C. The molecule has 0 radical (unpaired) electrons. The first kappa shape index (κ1) is 24.0. The molecule has 4 aromatic rings. The van der Waals surface area contributed by atoms with Gasteiger partial charge in [0.1, 0.15) is 11.6 Å². The highest BCUT2D eigenvalue weighted by Gasteiger charge is 2.47. The van der Waals surface area contributed by atoms with Gasteiger partial charge in [-0.3, -0.25) is 0 Å². The number of aryl methyl sites for hydroxylation is 4. The van der Waals surface area contributed by atoms with Crippen molar-refractivity contribution in [3.63, 3.8) is 0 Å². The first-order valence-corrected chi connectivity index (χ1v) is 15.5. The fourth-order valence-electron chi connectivity index (χ4n) is 7.74. The molecule has 3 aliphatic carbocycles. The van der Waals surface area contributed by atoms with Gasteiger partial charge in [-0.05, 0) is 99.1 Å². The van der Waals surface area contributed by atoms with E-state index in [1.54, 1.807) is 0 Å². The van der Waals surface area contributed by atoms with Crippen LogP contribution < -0.4 is 10.6 Å². The van der Waals surface area contributed by atoms with Gasteiger partial charge in [0, 0.05) is 34.3 Å². The van der Waals surface area contributed by atoms with Crippen molar-refractivity contribution in [1.29, 1.82) is 0 Å². The minimum absolute atomic E-state index is 0.326. The number of imidazole rings is 2. The number of rotatable bonds is 2. The Morgan fingerprint density at radius 2 is 1.27 bits per heavy atom. The van der Waals surface area contributed by atoms with Crippen LogP contribution in [-0.4, -0.2) is 32.0 Å². The number of nitrogens with zero attached hydrogens (tertiary/aromatic N) is 2. The molecule has 206 valence electrons. The van der Waals surface area contributed by atoms with Crippen LogP contribution in [0.5, 0.6) is 0 Å². The van der Waals surface area contributed by atoms with E-state index in [4.69, 9.17) is 9.97 Å². The summed E-state index contributed by atoms with van der Waals surface area (Å²) in [4.78, 5) is 17.4. The molecule has 9 rings (SSSR count). The van der Waals surface area contributed by atoms with Gasteiger partial charge in [0.15, 0.2) is 0 Å². The maximum absolute atomic E-state index is 5.02. The molecule has 3 fully saturated rings. The van der Waals surface area contributed by atoms with Gasteiger partial charge < -0.3 is 20.6 Å². The molecule has 2 unspecified atom stereocenters. The number of aromatic nitrogens is 4. The van der Waals surface area contributed by atoms with Gasteiger partial charge >= 0.3 is 0 Å². The maximum Gasteiger partial charge on any atom is 0.124 e. The zero-order valence-corrected chi connectivity index (χ0v) is 23.8. The van der Waals surface area contributed by atoms with Crippen LogP contribution in [0.1, 0.15) is 90.5 Å². The summed E-state index contributed by atoms with van der Waals surface area (Å²) in [6.07, 6.45) is 7.71. The van der Waals surface area contributed by atoms with Crippen LogP contribution in [0, 0.1) is 23.7 Å². The van der Waals surface area contributed by atoms with Gasteiger partial charge in [0.2, 0.25) is 0 Å². The van der Waals surface area contributed by atoms with Crippen LogP contribution in [0.4, 0.5) is 0 Å². The quantitative estimate of drug-likeness (QED) is 0.252. The van der Waals surface area contributed by atoms with E-state index in [9.17, 15) is 0 Å². The van der Waals surface area contributed by atoms with Crippen LogP contribution >= 0.6 is 0 Å². The number of hydrogen-bond acceptors (Lipinski definition) is 4. The summed E-state index contributed by atoms with van der Waals surface area (Å²) < 4.78 is 0. The molecular formula is C35H36N6. The maximum atomic E-state index is 5.02. The van der Waals surface area contributed by atoms with Crippen molar-refractivity contribution in [3.05, 3.63) is 81.7 Å². The van der Waals surface area contributed by atoms with Crippen molar-refractivity contribution in [2.45, 2.75) is 83.0 Å². The van der Waals surface area contributed by atoms with Gasteiger partial charge in [-0.25, -0.2) is 9.97 Å². The van der Waals surface area contributed by atoms with Crippen molar-refractivity contribution in [2.24, 2.45) is 11.8 Å². The van der Waals surface area contributed by atoms with E-state index in [-0.39, 0.29) is 0 Å². The average molecular weight is 541 g/mol. The van der Waals surface area contributed by atoms with E-state index in [1.165, 1.54) is 57.9 Å². The standard InChI is InChI=1S/C35H36N6/c1-18-13-30(36-19(18)2)34-38-27-11-7-22-14-20(5-9-25(22)32(27)40-34)3-4-21-6-10-26-23(15-21)8-12-28-33(26)41-35(39-28)31-17-24-16-29(24)37-31/h5-6,9-10,14-15,18-19,24,29-31,36-37H,7-8,11-13,16-17H2,1-2H3,(H,38,40)(H,39,41)/t18?,19-,24?,29-,30+,31+/m1/s1. The van der Waals surface area contributed by atoms with Gasteiger partial charge in [0.25, 0.3) is 0 Å². The third-order valence-electron chi connectivity index (χ3n) is 10.4. The lowest BCUT2D eigenvalue weighted by Crippen LogP contribution is -2.24. The summed E-state index contributed by atoms with van der Waals surface area (Å²) in [7, 11) is 0. The lowest BCUT2D eigenvalue weighted by Gasteiger charge is -2.15. The molecule has 2 saturated heterocycles. The smallest absolute Gasteiger partial charge is 0.124 e. The van der Waals surface area contributed by atoms with Gasteiger partial charge in [-0.2, -0.15) is 0 Å². The number of piperidine rings is 1. The Hall–Kier alpha value is -3.66. The van der Waals surface area contributed by atoms with Crippen molar-refractivity contribution in [2.75, 3.05) is 0 Å². The Bertz CT molecular complexity index is 1740. The average Bonchev–Trinajstić information content (AvgIpc) is 3.44. The summed E-state index contributed by atoms with van der Waals surface area (Å²) in [5.74, 6) is 10.7. The zero-order valence-electron chi connectivity index (χ0n) is 23.8. The van der Waals surface area contributed by atoms with Crippen LogP contribution in [0.3, 0.4) is 0 Å². The Kier molecular flexibility index (Phi) is 5.22. The first-order chi connectivity index (χ1) is 20.1. The molecule has 6 heteroatoms. The van der Waals surface area contributed by atoms with Crippen molar-refractivity contribution in [1.82, 2.24) is 30.6 Å². The van der Waals surface area contributed by atoms with Crippen molar-refractivity contribution < 1.29 is 0 Å². The Morgan fingerprint density at radius 3 is 1.78 bits per heavy atom. The lowest BCUT2D eigenvalue weighted by atomic mass is 9.90. The molecule has 2 aromatic carbocycles. The van der Waals surface area contributed by atoms with E-state index in [2.05, 4.69) is 82.7 Å². The highest BCUT2D eigenvalue weighted by molar-refractivity contribution is 5.71. The van der Waals surface area contributed by atoms with E-state index in [1.807, 2.05) is 0 Å². The molecular weight excluding hydrogens is 504 g/mol. The van der Waals surface area contributed by atoms with Crippen LogP contribution in [0.15, 0.2) is 36.4 Å². The summed E-state index contributed by atoms with van der Waals surface area (Å²) >= 11 is 0. The predicted molar refractivity (Wildman–Crippen MR) is 160 cm³/mol. The Labute approximate surface area is 241 Å². The van der Waals surface area contributed by atoms with E-state index < -0.39 is 0 Å². The topological polar surface area (TPSA) is 81.4 Å². The molecule has 0 spiro atoms. The highest BCUT2D eigenvalue weighted by Crippen LogP contribution is 2.46. The summed E-state index contributed by atoms with van der Waals surface area (Å²) in [6.45, 7) is 4.60. The lowest BCUT2D eigenvalue weighted by molar-refractivity contribution is 0.516. The van der Waals surface area contributed by atoms with Gasteiger partial charge in [-0.1, -0.05) is 30.9 Å². The molecule has 6 atom stereocenters. The Balaban J connectivity index is 0.951. The van der Waals surface area contributed by atoms with Crippen molar-refractivity contribution in [3.8, 4) is 34.4 Å². The third kappa shape index (κ3) is 4.01. The molecule has 41 heavy (non-hydrogen) atoms. The van der Waals surface area contributed by atoms with E-state index in [0.29, 0.717) is 24.0 Å². The van der Waals surface area contributed by atoms with Crippen LogP contribution in [0.25, 0.3) is 22.5 Å². The number of aromatic amines is 2. The van der Waals surface area contributed by atoms with E-state index in [0.717, 1.165) is 66.8 Å². The second-order valence-corrected chi connectivity index (χ2v) is 13.2. The zero-order chi connectivity index (χ0) is 27.2. The number of fused-ring (bicyclic) bond motifs is 7. The molecule has 0 amide bonds. The monoisotopic (exact) mass is 540 g/mol. The largest absolute Gasteiger partial charge is 0.340 e. The van der Waals surface area contributed by atoms with E-state index >= 15 is 0 Å². The van der Waals surface area contributed by atoms with Gasteiger partial charge in [0.05, 0.1) is 34.9 Å². The number of benzene rings is 2. The summed E-state index contributed by atoms with van der Waals surface area (Å²) in [6, 6.07) is 15.4.